The molecule has 1 heterocycles. The molecular formula is C22H25N3O4. The first-order valence-corrected chi connectivity index (χ1v) is 9.50. The Hall–Kier alpha value is -3.35. The van der Waals surface area contributed by atoms with E-state index in [0.717, 1.165) is 30.1 Å². The Morgan fingerprint density at radius 3 is 2.24 bits per heavy atom. The minimum atomic E-state index is -0.0834. The van der Waals surface area contributed by atoms with E-state index < -0.39 is 0 Å². The van der Waals surface area contributed by atoms with Gasteiger partial charge in [0.1, 0.15) is 5.75 Å². The van der Waals surface area contributed by atoms with Gasteiger partial charge in [-0.1, -0.05) is 5.16 Å². The summed E-state index contributed by atoms with van der Waals surface area (Å²) in [6, 6.07) is 15.0. The maximum absolute atomic E-state index is 12.3. The fourth-order valence-corrected chi connectivity index (χ4v) is 3.09. The lowest BCUT2D eigenvalue weighted by Gasteiger charge is -2.36. The van der Waals surface area contributed by atoms with Crippen molar-refractivity contribution in [2.75, 3.05) is 44.8 Å². The van der Waals surface area contributed by atoms with E-state index in [9.17, 15) is 9.59 Å². The lowest BCUT2D eigenvalue weighted by atomic mass is 10.1. The first-order chi connectivity index (χ1) is 14.1. The molecule has 1 amide bonds. The third-order valence-electron chi connectivity index (χ3n) is 4.85. The van der Waals surface area contributed by atoms with Crippen molar-refractivity contribution in [1.82, 2.24) is 4.90 Å². The van der Waals surface area contributed by atoms with Crippen LogP contribution in [0.2, 0.25) is 0 Å². The van der Waals surface area contributed by atoms with E-state index in [-0.39, 0.29) is 18.3 Å². The maximum atomic E-state index is 12.3. The Kier molecular flexibility index (Phi) is 6.84. The predicted octanol–water partition coefficient (Wildman–Crippen LogP) is 2.60. The van der Waals surface area contributed by atoms with E-state index in [1.807, 2.05) is 48.5 Å². The Morgan fingerprint density at radius 1 is 1.00 bits per heavy atom. The number of rotatable bonds is 7. The van der Waals surface area contributed by atoms with Gasteiger partial charge < -0.3 is 19.4 Å². The highest BCUT2D eigenvalue weighted by molar-refractivity contribution is 5.94. The fourth-order valence-electron chi connectivity index (χ4n) is 3.09. The molecule has 0 aromatic heterocycles. The number of methoxy groups -OCH3 is 1. The summed E-state index contributed by atoms with van der Waals surface area (Å²) < 4.78 is 5.10. The Balaban J connectivity index is 1.42. The molecule has 2 aromatic rings. The van der Waals surface area contributed by atoms with E-state index in [1.54, 1.807) is 25.1 Å². The molecule has 2 aromatic carbocycles. The van der Waals surface area contributed by atoms with Gasteiger partial charge in [-0.15, -0.1) is 0 Å². The molecule has 0 saturated carbocycles. The van der Waals surface area contributed by atoms with E-state index in [2.05, 4.69) is 10.1 Å². The number of anilines is 1. The van der Waals surface area contributed by atoms with E-state index in [4.69, 9.17) is 9.57 Å². The third kappa shape index (κ3) is 5.57. The first kappa shape index (κ1) is 20.4. The number of hydrogen-bond acceptors (Lipinski definition) is 6. The second-order valence-electron chi connectivity index (χ2n) is 6.75. The van der Waals surface area contributed by atoms with E-state index >= 15 is 0 Å². The fraction of sp³-hybridized carbons (Fsp3) is 0.318. The van der Waals surface area contributed by atoms with Crippen LogP contribution in [0.15, 0.2) is 53.7 Å². The van der Waals surface area contributed by atoms with Crippen LogP contribution in [0, 0.1) is 0 Å². The monoisotopic (exact) mass is 395 g/mol. The summed E-state index contributed by atoms with van der Waals surface area (Å²) in [6.45, 7) is 4.20. The zero-order valence-electron chi connectivity index (χ0n) is 16.7. The summed E-state index contributed by atoms with van der Waals surface area (Å²) in [5.41, 5.74) is 2.63. The Bertz CT molecular complexity index is 855. The lowest BCUT2D eigenvalue weighted by molar-refractivity contribution is -0.136. The Labute approximate surface area is 170 Å². The number of carbonyl (C=O) groups is 2. The van der Waals surface area contributed by atoms with Crippen LogP contribution in [0.4, 0.5) is 5.69 Å². The molecule has 0 N–H and O–H groups in total. The van der Waals surface area contributed by atoms with Gasteiger partial charge in [0, 0.05) is 37.4 Å². The van der Waals surface area contributed by atoms with Crippen LogP contribution in [0.25, 0.3) is 0 Å². The van der Waals surface area contributed by atoms with Crippen molar-refractivity contribution in [3.63, 3.8) is 0 Å². The highest BCUT2D eigenvalue weighted by Crippen LogP contribution is 2.18. The normalized spacial score (nSPS) is 14.1. The van der Waals surface area contributed by atoms with Gasteiger partial charge in [-0.05, 0) is 61.0 Å². The number of piperazine rings is 1. The largest absolute Gasteiger partial charge is 0.497 e. The minimum absolute atomic E-state index is 0.0571. The molecule has 1 fully saturated rings. The van der Waals surface area contributed by atoms with Crippen molar-refractivity contribution in [2.45, 2.75) is 6.92 Å². The van der Waals surface area contributed by atoms with Gasteiger partial charge in [0.05, 0.1) is 13.3 Å². The van der Waals surface area contributed by atoms with Crippen molar-refractivity contribution >= 4 is 23.6 Å². The third-order valence-corrected chi connectivity index (χ3v) is 4.85. The summed E-state index contributed by atoms with van der Waals surface area (Å²) in [4.78, 5) is 32.8. The smallest absolute Gasteiger partial charge is 0.263 e. The second-order valence-corrected chi connectivity index (χ2v) is 6.75. The molecule has 0 spiro atoms. The quantitative estimate of drug-likeness (QED) is 0.409. The summed E-state index contributed by atoms with van der Waals surface area (Å²) in [6.07, 6.45) is 1.56. The summed E-state index contributed by atoms with van der Waals surface area (Å²) in [7, 11) is 1.61. The van der Waals surface area contributed by atoms with E-state index in [1.165, 1.54) is 0 Å². The number of carbonyl (C=O) groups excluding carboxylic acids is 2. The number of hydrogen-bond donors (Lipinski definition) is 0. The van der Waals surface area contributed by atoms with Gasteiger partial charge in [-0.25, -0.2) is 0 Å². The summed E-state index contributed by atoms with van der Waals surface area (Å²) in [5.74, 6) is 0.747. The first-order valence-electron chi connectivity index (χ1n) is 9.50. The molecule has 7 heteroatoms. The Morgan fingerprint density at radius 2 is 1.66 bits per heavy atom. The molecule has 29 heavy (non-hydrogen) atoms. The van der Waals surface area contributed by atoms with Crippen LogP contribution < -0.4 is 9.64 Å². The molecule has 0 atom stereocenters. The van der Waals surface area contributed by atoms with Crippen LogP contribution in [-0.4, -0.2) is 62.7 Å². The average Bonchev–Trinajstić information content (AvgIpc) is 2.77. The number of benzene rings is 2. The van der Waals surface area contributed by atoms with Crippen LogP contribution in [0.1, 0.15) is 22.8 Å². The summed E-state index contributed by atoms with van der Waals surface area (Å²) in [5, 5.41) is 3.87. The van der Waals surface area contributed by atoms with E-state index in [0.29, 0.717) is 18.7 Å². The molecule has 3 rings (SSSR count). The predicted molar refractivity (Wildman–Crippen MR) is 112 cm³/mol. The second kappa shape index (κ2) is 9.73. The number of oxime groups is 1. The lowest BCUT2D eigenvalue weighted by Crippen LogP contribution is -2.49. The van der Waals surface area contributed by atoms with Crippen LogP contribution in [-0.2, 0) is 9.63 Å². The molecule has 0 radical (unpaired) electrons. The van der Waals surface area contributed by atoms with Gasteiger partial charge in [-0.2, -0.15) is 0 Å². The van der Waals surface area contributed by atoms with Gasteiger partial charge >= 0.3 is 0 Å². The number of ether oxygens (including phenoxy) is 1. The van der Waals surface area contributed by atoms with Gasteiger partial charge in [0.15, 0.2) is 12.4 Å². The topological polar surface area (TPSA) is 71.4 Å². The van der Waals surface area contributed by atoms with Gasteiger partial charge in [-0.3, -0.25) is 9.59 Å². The molecule has 0 bridgehead atoms. The number of ketones is 1. The van der Waals surface area contributed by atoms with Crippen LogP contribution >= 0.6 is 0 Å². The van der Waals surface area contributed by atoms with Crippen molar-refractivity contribution in [2.24, 2.45) is 5.16 Å². The van der Waals surface area contributed by atoms with Crippen molar-refractivity contribution in [1.29, 1.82) is 0 Å². The molecule has 1 saturated heterocycles. The minimum Gasteiger partial charge on any atom is -0.497 e. The van der Waals surface area contributed by atoms with Crippen LogP contribution in [0.5, 0.6) is 5.75 Å². The highest BCUT2D eigenvalue weighted by Gasteiger charge is 2.21. The number of Topliss-reactive ketones (excluding diaryl/α,β-unsaturated/α-hetero) is 1. The molecule has 1 aliphatic heterocycles. The van der Waals surface area contributed by atoms with Gasteiger partial charge in [0.2, 0.25) is 0 Å². The summed E-state index contributed by atoms with van der Waals surface area (Å²) >= 11 is 0. The maximum Gasteiger partial charge on any atom is 0.263 e. The molecule has 1 aliphatic rings. The average molecular weight is 395 g/mol. The molecule has 0 aliphatic carbocycles. The standard InChI is InChI=1S/C22H25N3O4/c1-17(26)19-5-7-20(8-6-19)24-11-13-25(14-12-24)22(27)16-29-23-15-18-3-9-21(28-2)10-4-18/h3-10,15H,11-14,16H2,1-2H3/b23-15-. The SMILES string of the molecule is COc1ccc(/C=N\OCC(=O)N2CCN(c3ccc(C(C)=O)cc3)CC2)cc1. The van der Waals surface area contributed by atoms with Crippen molar-refractivity contribution in [3.8, 4) is 5.75 Å². The zero-order chi connectivity index (χ0) is 20.6. The molecule has 7 nitrogen and oxygen atoms in total. The number of nitrogens with zero attached hydrogens (tertiary/aromatic N) is 3. The zero-order valence-corrected chi connectivity index (χ0v) is 16.7. The molecule has 0 unspecified atom stereocenters. The molecular weight excluding hydrogens is 370 g/mol. The highest BCUT2D eigenvalue weighted by atomic mass is 16.6. The molecule has 152 valence electrons. The van der Waals surface area contributed by atoms with Crippen molar-refractivity contribution in [3.05, 3.63) is 59.7 Å². The van der Waals surface area contributed by atoms with Gasteiger partial charge in [0.25, 0.3) is 5.91 Å². The van der Waals surface area contributed by atoms with Crippen LogP contribution in [0.3, 0.4) is 0 Å². The number of amides is 1. The van der Waals surface area contributed by atoms with Crippen molar-refractivity contribution < 1.29 is 19.2 Å².